The van der Waals surface area contributed by atoms with Crippen molar-refractivity contribution in [2.24, 2.45) is 11.5 Å². The van der Waals surface area contributed by atoms with Gasteiger partial charge in [-0.15, -0.1) is 0 Å². The number of carboxylic acid groups (broad SMARTS) is 1. The molecule has 1 unspecified atom stereocenters. The molecule has 6 N–H and O–H groups in total. The number of rotatable bonds is 9. The molecule has 0 bridgehead atoms. The van der Waals surface area contributed by atoms with Crippen LogP contribution in [0.2, 0.25) is 0 Å². The van der Waals surface area contributed by atoms with Crippen molar-refractivity contribution in [1.82, 2.24) is 10.2 Å². The Bertz CT molecular complexity index is 369. The second-order valence-electron chi connectivity index (χ2n) is 4.27. The maximum Gasteiger partial charge on any atom is 0.326 e. The quantitative estimate of drug-likeness (QED) is 0.411. The molecule has 0 saturated heterocycles. The van der Waals surface area contributed by atoms with Gasteiger partial charge in [0.25, 0.3) is 0 Å². The minimum Gasteiger partial charge on any atom is -0.480 e. The van der Waals surface area contributed by atoms with Gasteiger partial charge >= 0.3 is 12.0 Å². The normalized spacial score (nSPS) is 11.4. The first-order chi connectivity index (χ1) is 9.27. The fourth-order valence-electron chi connectivity index (χ4n) is 1.48. The van der Waals surface area contributed by atoms with Crippen LogP contribution in [0.5, 0.6) is 0 Å². The molecule has 0 fully saturated rings. The van der Waals surface area contributed by atoms with Crippen LogP contribution < -0.4 is 16.8 Å². The number of unbranched alkanes of at least 4 members (excludes halogenated alkanes) is 1. The Morgan fingerprint density at radius 2 is 1.65 bits per heavy atom. The Kier molecular flexibility index (Phi) is 7.71. The molecular formula is C11H20N4O5. The summed E-state index contributed by atoms with van der Waals surface area (Å²) in [6.45, 7) is 0.844. The fraction of sp³-hybridized carbons (Fsp3) is 0.636. The number of nitrogens with one attached hydrogen (secondary N) is 1. The number of aliphatic carboxylic acids is 1. The van der Waals surface area contributed by atoms with E-state index in [1.807, 2.05) is 6.92 Å². The van der Waals surface area contributed by atoms with Crippen molar-refractivity contribution in [3.8, 4) is 0 Å². The summed E-state index contributed by atoms with van der Waals surface area (Å²) < 4.78 is 0. The van der Waals surface area contributed by atoms with Gasteiger partial charge in [0.1, 0.15) is 19.1 Å². The molecule has 114 valence electrons. The van der Waals surface area contributed by atoms with Gasteiger partial charge in [0.15, 0.2) is 0 Å². The lowest BCUT2D eigenvalue weighted by atomic mass is 10.1. The van der Waals surface area contributed by atoms with E-state index >= 15 is 0 Å². The lowest BCUT2D eigenvalue weighted by molar-refractivity contribution is -0.139. The molecule has 0 heterocycles. The number of urea groups is 1. The number of hydrogen-bond acceptors (Lipinski definition) is 4. The predicted octanol–water partition coefficient (Wildman–Crippen LogP) is -1.39. The van der Waals surface area contributed by atoms with E-state index in [1.165, 1.54) is 0 Å². The van der Waals surface area contributed by atoms with Gasteiger partial charge < -0.3 is 26.8 Å². The van der Waals surface area contributed by atoms with E-state index in [2.05, 4.69) is 5.32 Å². The zero-order valence-corrected chi connectivity index (χ0v) is 11.3. The van der Waals surface area contributed by atoms with Crippen molar-refractivity contribution in [1.29, 1.82) is 0 Å². The molecule has 20 heavy (non-hydrogen) atoms. The average Bonchev–Trinajstić information content (AvgIpc) is 2.31. The van der Waals surface area contributed by atoms with Crippen LogP contribution in [-0.4, -0.2) is 53.0 Å². The van der Waals surface area contributed by atoms with Crippen LogP contribution in [0, 0.1) is 0 Å². The third-order valence-corrected chi connectivity index (χ3v) is 2.42. The first-order valence-corrected chi connectivity index (χ1v) is 6.12. The highest BCUT2D eigenvalue weighted by Crippen LogP contribution is 2.02. The first-order valence-electron chi connectivity index (χ1n) is 6.12. The Hall–Kier alpha value is -2.32. The van der Waals surface area contributed by atoms with Gasteiger partial charge in [0, 0.05) is 0 Å². The van der Waals surface area contributed by atoms with Gasteiger partial charge in [0.05, 0.1) is 0 Å². The summed E-state index contributed by atoms with van der Waals surface area (Å²) >= 11 is 0. The van der Waals surface area contributed by atoms with Gasteiger partial charge in [-0.05, 0) is 6.42 Å². The van der Waals surface area contributed by atoms with Crippen LogP contribution in [0.3, 0.4) is 0 Å². The highest BCUT2D eigenvalue weighted by molar-refractivity contribution is 5.89. The second-order valence-corrected chi connectivity index (χ2v) is 4.27. The number of hydrogen-bond donors (Lipinski definition) is 4. The van der Waals surface area contributed by atoms with Crippen LogP contribution >= 0.6 is 0 Å². The van der Waals surface area contributed by atoms with Crippen molar-refractivity contribution in [2.45, 2.75) is 32.2 Å². The summed E-state index contributed by atoms with van der Waals surface area (Å²) in [6, 6.07) is -1.96. The second kappa shape index (κ2) is 8.73. The smallest absolute Gasteiger partial charge is 0.326 e. The Morgan fingerprint density at radius 1 is 1.15 bits per heavy atom. The molecular weight excluding hydrogens is 268 g/mol. The van der Waals surface area contributed by atoms with Crippen LogP contribution in [0.4, 0.5) is 4.79 Å². The lowest BCUT2D eigenvalue weighted by Gasteiger charge is -2.22. The molecule has 0 radical (unpaired) electrons. The Morgan fingerprint density at radius 3 is 2.00 bits per heavy atom. The topological polar surface area (TPSA) is 156 Å². The minimum absolute atomic E-state index is 0.249. The number of primary amides is 2. The minimum atomic E-state index is -1.19. The van der Waals surface area contributed by atoms with Crippen molar-refractivity contribution in [2.75, 3.05) is 13.1 Å². The van der Waals surface area contributed by atoms with Gasteiger partial charge in [0.2, 0.25) is 11.8 Å². The highest BCUT2D eigenvalue weighted by Gasteiger charge is 2.24. The zero-order valence-electron chi connectivity index (χ0n) is 11.3. The van der Waals surface area contributed by atoms with E-state index in [-0.39, 0.29) is 6.42 Å². The third-order valence-electron chi connectivity index (χ3n) is 2.42. The molecule has 0 spiro atoms. The van der Waals surface area contributed by atoms with Gasteiger partial charge in [-0.3, -0.25) is 9.59 Å². The third kappa shape index (κ3) is 7.19. The highest BCUT2D eigenvalue weighted by atomic mass is 16.4. The summed E-state index contributed by atoms with van der Waals surface area (Å²) in [6.07, 6.45) is 1.63. The summed E-state index contributed by atoms with van der Waals surface area (Å²) in [5, 5.41) is 11.2. The fourth-order valence-corrected chi connectivity index (χ4v) is 1.48. The number of carbonyl (C=O) groups excluding carboxylic acids is 3. The number of nitrogens with two attached hydrogens (primary N) is 2. The summed E-state index contributed by atoms with van der Waals surface area (Å²) in [5.74, 6) is -2.85. The van der Waals surface area contributed by atoms with Gasteiger partial charge in [-0.2, -0.15) is 0 Å². The van der Waals surface area contributed by atoms with Gasteiger partial charge in [-0.1, -0.05) is 19.8 Å². The lowest BCUT2D eigenvalue weighted by Crippen LogP contribution is -2.52. The van der Waals surface area contributed by atoms with E-state index in [0.29, 0.717) is 6.42 Å². The maximum absolute atomic E-state index is 11.8. The number of carboxylic acids is 1. The number of nitrogens with zero attached hydrogens (tertiary/aromatic N) is 1. The molecule has 9 heteroatoms. The van der Waals surface area contributed by atoms with Crippen LogP contribution in [0.15, 0.2) is 0 Å². The van der Waals surface area contributed by atoms with Crippen molar-refractivity contribution < 1.29 is 24.3 Å². The maximum atomic E-state index is 11.8. The molecule has 9 nitrogen and oxygen atoms in total. The monoisotopic (exact) mass is 288 g/mol. The molecule has 0 aromatic carbocycles. The molecule has 4 amide bonds. The van der Waals surface area contributed by atoms with E-state index in [1.54, 1.807) is 0 Å². The predicted molar refractivity (Wildman–Crippen MR) is 69.4 cm³/mol. The molecule has 1 atom stereocenters. The SMILES string of the molecule is CCCCC(NC(=O)N(CC(N)=O)CC(N)=O)C(=O)O. The van der Waals surface area contributed by atoms with Crippen molar-refractivity contribution in [3.63, 3.8) is 0 Å². The van der Waals surface area contributed by atoms with E-state index < -0.39 is 42.9 Å². The van der Waals surface area contributed by atoms with Crippen molar-refractivity contribution >= 4 is 23.8 Å². The standard InChI is InChI=1S/C11H20N4O5/c1-2-3-4-7(10(18)19)14-11(20)15(5-8(12)16)6-9(13)17/h7H,2-6H2,1H3,(H2,12,16)(H2,13,17)(H,14,20)(H,18,19). The summed E-state index contributed by atoms with van der Waals surface area (Å²) in [7, 11) is 0. The Labute approximate surface area is 116 Å². The van der Waals surface area contributed by atoms with Crippen LogP contribution in [0.1, 0.15) is 26.2 Å². The van der Waals surface area contributed by atoms with E-state index in [9.17, 15) is 19.2 Å². The number of carbonyl (C=O) groups is 4. The molecule has 0 aliphatic carbocycles. The molecule has 0 saturated carbocycles. The van der Waals surface area contributed by atoms with Crippen molar-refractivity contribution in [3.05, 3.63) is 0 Å². The Balaban J connectivity index is 4.72. The first kappa shape index (κ1) is 17.7. The van der Waals surface area contributed by atoms with E-state index in [0.717, 1.165) is 11.3 Å². The molecule has 0 aliphatic rings. The molecule has 0 aromatic heterocycles. The number of amides is 4. The van der Waals surface area contributed by atoms with E-state index in [4.69, 9.17) is 16.6 Å². The molecule has 0 aliphatic heterocycles. The van der Waals surface area contributed by atoms with Crippen LogP contribution in [0.25, 0.3) is 0 Å². The summed E-state index contributed by atoms with van der Waals surface area (Å²) in [5.41, 5.74) is 9.90. The van der Waals surface area contributed by atoms with Crippen LogP contribution in [-0.2, 0) is 14.4 Å². The van der Waals surface area contributed by atoms with Gasteiger partial charge in [-0.25, -0.2) is 9.59 Å². The molecule has 0 rings (SSSR count). The zero-order chi connectivity index (χ0) is 15.7. The largest absolute Gasteiger partial charge is 0.480 e. The summed E-state index contributed by atoms with van der Waals surface area (Å²) in [4.78, 5) is 45.2. The molecule has 0 aromatic rings. The average molecular weight is 288 g/mol.